The largest absolute Gasteiger partial charge is 0.261 e. The third-order valence-electron chi connectivity index (χ3n) is 3.59. The zero-order chi connectivity index (χ0) is 16.4. The Kier molecular flexibility index (Phi) is 4.14. The maximum Gasteiger partial charge on any atom is 0.161 e. The van der Waals surface area contributed by atoms with Gasteiger partial charge in [-0.25, -0.2) is 9.97 Å². The summed E-state index contributed by atoms with van der Waals surface area (Å²) in [5, 5.41) is 0.648. The van der Waals surface area contributed by atoms with Crippen molar-refractivity contribution >= 4 is 11.6 Å². The zero-order valence-corrected chi connectivity index (χ0v) is 14.2. The molecule has 3 rings (SSSR count). The molecule has 0 unspecified atom stereocenters. The molecule has 2 aromatic heterocycles. The third-order valence-corrected chi connectivity index (χ3v) is 3.92. The summed E-state index contributed by atoms with van der Waals surface area (Å²) in [5.74, 6) is 0.627. The van der Waals surface area contributed by atoms with E-state index in [-0.39, 0.29) is 5.41 Å². The van der Waals surface area contributed by atoms with E-state index in [1.165, 1.54) is 0 Å². The average molecular weight is 324 g/mol. The van der Waals surface area contributed by atoms with Gasteiger partial charge < -0.3 is 0 Å². The lowest BCUT2D eigenvalue weighted by Crippen LogP contribution is -2.13. The molecule has 2 heterocycles. The Morgan fingerprint density at radius 2 is 1.65 bits per heavy atom. The third kappa shape index (κ3) is 3.40. The molecule has 0 atom stereocenters. The topological polar surface area (TPSA) is 38.7 Å². The van der Waals surface area contributed by atoms with Crippen LogP contribution in [-0.2, 0) is 5.41 Å². The first-order valence-corrected chi connectivity index (χ1v) is 7.88. The van der Waals surface area contributed by atoms with Crippen LogP contribution in [0, 0.1) is 0 Å². The number of halogens is 1. The molecule has 0 aliphatic carbocycles. The Labute approximate surface area is 141 Å². The van der Waals surface area contributed by atoms with Crippen molar-refractivity contribution in [2.24, 2.45) is 0 Å². The molecule has 0 fully saturated rings. The Hall–Kier alpha value is -2.26. The molecule has 0 N–H and O–H groups in total. The molecule has 4 heteroatoms. The minimum atomic E-state index is -0.00535. The van der Waals surface area contributed by atoms with E-state index < -0.39 is 0 Å². The molecule has 0 amide bonds. The van der Waals surface area contributed by atoms with Gasteiger partial charge in [-0.15, -0.1) is 0 Å². The predicted octanol–water partition coefficient (Wildman–Crippen LogP) is 5.16. The highest BCUT2D eigenvalue weighted by Gasteiger charge is 2.16. The Balaban J connectivity index is 2.06. The summed E-state index contributed by atoms with van der Waals surface area (Å²) in [6, 6.07) is 13.6. The molecule has 0 radical (unpaired) electrons. The number of hydrogen-bond donors (Lipinski definition) is 0. The van der Waals surface area contributed by atoms with Gasteiger partial charge in [-0.2, -0.15) is 0 Å². The number of hydrogen-bond acceptors (Lipinski definition) is 3. The lowest BCUT2D eigenvalue weighted by molar-refractivity contribution is 0.569. The van der Waals surface area contributed by atoms with Crippen LogP contribution in [-0.4, -0.2) is 15.0 Å². The lowest BCUT2D eigenvalue weighted by atomic mass is 9.90. The second kappa shape index (κ2) is 6.09. The minimum Gasteiger partial charge on any atom is -0.261 e. The van der Waals surface area contributed by atoms with Crippen LogP contribution in [0.2, 0.25) is 5.02 Å². The van der Waals surface area contributed by atoms with Gasteiger partial charge in [0.1, 0.15) is 0 Å². The Bertz CT molecular complexity index is 838. The lowest BCUT2D eigenvalue weighted by Gasteiger charge is -2.18. The summed E-state index contributed by atoms with van der Waals surface area (Å²) in [6.45, 7) is 6.44. The van der Waals surface area contributed by atoms with Gasteiger partial charge in [-0.3, -0.25) is 4.98 Å². The molecule has 3 nitrogen and oxygen atoms in total. The summed E-state index contributed by atoms with van der Waals surface area (Å²) >= 11 is 6.25. The van der Waals surface area contributed by atoms with Crippen molar-refractivity contribution in [3.63, 3.8) is 0 Å². The summed E-state index contributed by atoms with van der Waals surface area (Å²) in [4.78, 5) is 13.5. The standard InChI is InChI=1S/C19H18ClN3/c1-19(2,3)17-12-13(8-10-21-17)16-9-11-22-18(23-16)14-6-4-5-7-15(14)20/h4-12H,1-3H3. The molecular weight excluding hydrogens is 306 g/mol. The highest BCUT2D eigenvalue weighted by Crippen LogP contribution is 2.28. The van der Waals surface area contributed by atoms with Crippen LogP contribution in [0.3, 0.4) is 0 Å². The van der Waals surface area contributed by atoms with Crippen LogP contribution in [0.5, 0.6) is 0 Å². The van der Waals surface area contributed by atoms with Gasteiger partial charge in [0.2, 0.25) is 0 Å². The van der Waals surface area contributed by atoms with Gasteiger partial charge in [0.05, 0.1) is 10.7 Å². The van der Waals surface area contributed by atoms with E-state index in [4.69, 9.17) is 11.6 Å². The van der Waals surface area contributed by atoms with Crippen molar-refractivity contribution in [1.82, 2.24) is 15.0 Å². The van der Waals surface area contributed by atoms with Crippen LogP contribution in [0.4, 0.5) is 0 Å². The fourth-order valence-corrected chi connectivity index (χ4v) is 2.51. The predicted molar refractivity (Wildman–Crippen MR) is 94.4 cm³/mol. The fraction of sp³-hybridized carbons (Fsp3) is 0.211. The molecule has 0 aliphatic heterocycles. The van der Waals surface area contributed by atoms with E-state index >= 15 is 0 Å². The quantitative estimate of drug-likeness (QED) is 0.654. The minimum absolute atomic E-state index is 0.00535. The molecule has 0 bridgehead atoms. The molecule has 0 saturated carbocycles. The molecule has 23 heavy (non-hydrogen) atoms. The van der Waals surface area contributed by atoms with Crippen LogP contribution >= 0.6 is 11.6 Å². The monoisotopic (exact) mass is 323 g/mol. The van der Waals surface area contributed by atoms with Crippen LogP contribution < -0.4 is 0 Å². The number of benzene rings is 1. The molecule has 1 aromatic carbocycles. The number of pyridine rings is 1. The van der Waals surface area contributed by atoms with E-state index in [0.29, 0.717) is 10.8 Å². The fourth-order valence-electron chi connectivity index (χ4n) is 2.29. The smallest absolute Gasteiger partial charge is 0.161 e. The summed E-state index contributed by atoms with van der Waals surface area (Å²) < 4.78 is 0. The first-order chi connectivity index (χ1) is 10.9. The van der Waals surface area contributed by atoms with Crippen LogP contribution in [0.25, 0.3) is 22.6 Å². The van der Waals surface area contributed by atoms with Crippen molar-refractivity contribution in [3.8, 4) is 22.6 Å². The maximum atomic E-state index is 6.25. The number of nitrogens with zero attached hydrogens (tertiary/aromatic N) is 3. The molecule has 0 aliphatic rings. The van der Waals surface area contributed by atoms with Gasteiger partial charge in [0, 0.05) is 34.6 Å². The Morgan fingerprint density at radius 3 is 2.39 bits per heavy atom. The number of aromatic nitrogens is 3. The molecule has 116 valence electrons. The maximum absolute atomic E-state index is 6.25. The van der Waals surface area contributed by atoms with Crippen LogP contribution in [0.1, 0.15) is 26.5 Å². The molecular formula is C19H18ClN3. The van der Waals surface area contributed by atoms with E-state index in [9.17, 15) is 0 Å². The van der Waals surface area contributed by atoms with Crippen molar-refractivity contribution in [1.29, 1.82) is 0 Å². The van der Waals surface area contributed by atoms with Gasteiger partial charge in [0.25, 0.3) is 0 Å². The van der Waals surface area contributed by atoms with Gasteiger partial charge in [-0.1, -0.05) is 44.5 Å². The molecule has 0 saturated heterocycles. The van der Waals surface area contributed by atoms with E-state index in [1.54, 1.807) is 6.20 Å². The van der Waals surface area contributed by atoms with Crippen molar-refractivity contribution in [3.05, 3.63) is 65.6 Å². The van der Waals surface area contributed by atoms with Gasteiger partial charge in [-0.05, 0) is 30.3 Å². The van der Waals surface area contributed by atoms with E-state index in [0.717, 1.165) is 22.5 Å². The second-order valence-corrected chi connectivity index (χ2v) is 6.83. The average Bonchev–Trinajstić information content (AvgIpc) is 2.55. The highest BCUT2D eigenvalue weighted by molar-refractivity contribution is 6.33. The molecule has 0 spiro atoms. The first-order valence-electron chi connectivity index (χ1n) is 7.50. The summed E-state index contributed by atoms with van der Waals surface area (Å²) in [6.07, 6.45) is 3.59. The summed E-state index contributed by atoms with van der Waals surface area (Å²) in [5.41, 5.74) is 3.76. The van der Waals surface area contributed by atoms with Gasteiger partial charge >= 0.3 is 0 Å². The van der Waals surface area contributed by atoms with Crippen molar-refractivity contribution < 1.29 is 0 Å². The number of rotatable bonds is 2. The van der Waals surface area contributed by atoms with Gasteiger partial charge in [0.15, 0.2) is 5.82 Å². The summed E-state index contributed by atoms with van der Waals surface area (Å²) in [7, 11) is 0. The molecule has 3 aromatic rings. The zero-order valence-electron chi connectivity index (χ0n) is 13.4. The first kappa shape index (κ1) is 15.6. The Morgan fingerprint density at radius 1 is 0.913 bits per heavy atom. The van der Waals surface area contributed by atoms with Crippen molar-refractivity contribution in [2.75, 3.05) is 0 Å². The van der Waals surface area contributed by atoms with Crippen molar-refractivity contribution in [2.45, 2.75) is 26.2 Å². The highest BCUT2D eigenvalue weighted by atomic mass is 35.5. The SMILES string of the molecule is CC(C)(C)c1cc(-c2ccnc(-c3ccccc3Cl)n2)ccn1. The van der Waals surface area contributed by atoms with Crippen LogP contribution in [0.15, 0.2) is 54.9 Å². The van der Waals surface area contributed by atoms with E-state index in [1.807, 2.05) is 42.6 Å². The second-order valence-electron chi connectivity index (χ2n) is 6.43. The normalized spacial score (nSPS) is 11.5. The van der Waals surface area contributed by atoms with E-state index in [2.05, 4.69) is 41.8 Å².